The van der Waals surface area contributed by atoms with E-state index in [2.05, 4.69) is 20.4 Å². The lowest BCUT2D eigenvalue weighted by molar-refractivity contribution is 0.517. The number of hydrogen-bond acceptors (Lipinski definition) is 4. The predicted octanol–water partition coefficient (Wildman–Crippen LogP) is 3.24. The maximum Gasteiger partial charge on any atom is 0.118 e. The SMILES string of the molecule is Cc1[nH]nc(C(N)(CN)c2n[nH]c(C)c2-c2ccccc2)c1-c1ccccc1. The molecule has 4 aromatic rings. The first-order chi connectivity index (χ1) is 13.6. The fourth-order valence-electron chi connectivity index (χ4n) is 3.73. The van der Waals surface area contributed by atoms with E-state index in [-0.39, 0.29) is 6.54 Å². The van der Waals surface area contributed by atoms with Gasteiger partial charge in [-0.05, 0) is 25.0 Å². The molecule has 6 N–H and O–H groups in total. The van der Waals surface area contributed by atoms with Gasteiger partial charge in [0.25, 0.3) is 0 Å². The smallest absolute Gasteiger partial charge is 0.118 e. The van der Waals surface area contributed by atoms with Crippen LogP contribution in [-0.4, -0.2) is 26.9 Å². The first-order valence-corrected chi connectivity index (χ1v) is 9.27. The van der Waals surface area contributed by atoms with E-state index in [9.17, 15) is 0 Å². The minimum Gasteiger partial charge on any atom is -0.328 e. The van der Waals surface area contributed by atoms with Crippen LogP contribution in [0.2, 0.25) is 0 Å². The predicted molar refractivity (Wildman–Crippen MR) is 112 cm³/mol. The summed E-state index contributed by atoms with van der Waals surface area (Å²) in [5, 5.41) is 15.3. The molecule has 0 spiro atoms. The Balaban J connectivity index is 1.94. The standard InChI is InChI=1S/C22H24N6/c1-14-18(16-9-5-3-6-10-16)20(27-25-14)22(24,13-23)21-19(15(2)26-28-21)17-11-7-4-8-12-17/h3-12H,13,23-24H2,1-2H3,(H,25,27)(H,26,28). The van der Waals surface area contributed by atoms with E-state index < -0.39 is 5.54 Å². The van der Waals surface area contributed by atoms with E-state index in [1.165, 1.54) is 0 Å². The van der Waals surface area contributed by atoms with Crippen molar-refractivity contribution in [1.82, 2.24) is 20.4 Å². The third-order valence-electron chi connectivity index (χ3n) is 5.19. The van der Waals surface area contributed by atoms with Gasteiger partial charge in [0, 0.05) is 29.1 Å². The van der Waals surface area contributed by atoms with Gasteiger partial charge in [0.1, 0.15) is 5.54 Å². The third-order valence-corrected chi connectivity index (χ3v) is 5.19. The average Bonchev–Trinajstić information content (AvgIpc) is 3.32. The van der Waals surface area contributed by atoms with Gasteiger partial charge in [0.2, 0.25) is 0 Å². The molecule has 6 nitrogen and oxygen atoms in total. The molecule has 0 saturated heterocycles. The number of rotatable bonds is 5. The molecular formula is C22H24N6. The molecule has 4 rings (SSSR count). The largest absolute Gasteiger partial charge is 0.328 e. The zero-order chi connectivity index (χ0) is 19.7. The van der Waals surface area contributed by atoms with Crippen molar-refractivity contribution in [3.8, 4) is 22.3 Å². The fraction of sp³-hybridized carbons (Fsp3) is 0.182. The van der Waals surface area contributed by atoms with Crippen molar-refractivity contribution >= 4 is 0 Å². The molecule has 2 heterocycles. The zero-order valence-corrected chi connectivity index (χ0v) is 16.0. The van der Waals surface area contributed by atoms with Crippen molar-refractivity contribution in [2.75, 3.05) is 6.54 Å². The van der Waals surface area contributed by atoms with E-state index in [1.54, 1.807) is 0 Å². The molecule has 0 unspecified atom stereocenters. The van der Waals surface area contributed by atoms with Crippen molar-refractivity contribution in [2.24, 2.45) is 11.5 Å². The molecule has 2 aromatic carbocycles. The molecule has 0 atom stereocenters. The number of H-pyrrole nitrogens is 2. The van der Waals surface area contributed by atoms with Crippen LogP contribution < -0.4 is 11.5 Å². The first kappa shape index (κ1) is 18.2. The van der Waals surface area contributed by atoms with Crippen molar-refractivity contribution in [1.29, 1.82) is 0 Å². The zero-order valence-electron chi connectivity index (χ0n) is 16.0. The van der Waals surface area contributed by atoms with Gasteiger partial charge in [-0.15, -0.1) is 0 Å². The number of hydrogen-bond donors (Lipinski definition) is 4. The van der Waals surface area contributed by atoms with Crippen LogP contribution >= 0.6 is 0 Å². The highest BCUT2D eigenvalue weighted by atomic mass is 15.2. The number of nitrogens with two attached hydrogens (primary N) is 2. The van der Waals surface area contributed by atoms with Gasteiger partial charge in [0.05, 0.1) is 11.4 Å². The maximum atomic E-state index is 6.95. The number of nitrogens with zero attached hydrogens (tertiary/aromatic N) is 2. The highest BCUT2D eigenvalue weighted by Crippen LogP contribution is 2.39. The van der Waals surface area contributed by atoms with Crippen molar-refractivity contribution in [3.63, 3.8) is 0 Å². The van der Waals surface area contributed by atoms with Gasteiger partial charge in [-0.1, -0.05) is 60.7 Å². The lowest BCUT2D eigenvalue weighted by Gasteiger charge is -2.27. The Morgan fingerprint density at radius 3 is 1.50 bits per heavy atom. The van der Waals surface area contributed by atoms with Gasteiger partial charge in [0.15, 0.2) is 0 Å². The summed E-state index contributed by atoms with van der Waals surface area (Å²) in [4.78, 5) is 0. The summed E-state index contributed by atoms with van der Waals surface area (Å²) in [7, 11) is 0. The monoisotopic (exact) mass is 372 g/mol. The minimum atomic E-state index is -1.05. The number of benzene rings is 2. The van der Waals surface area contributed by atoms with Crippen LogP contribution in [0.4, 0.5) is 0 Å². The summed E-state index contributed by atoms with van der Waals surface area (Å²) < 4.78 is 0. The number of aromatic nitrogens is 4. The van der Waals surface area contributed by atoms with Gasteiger partial charge in [-0.2, -0.15) is 10.2 Å². The Kier molecular flexibility index (Phi) is 4.58. The summed E-state index contributed by atoms with van der Waals surface area (Å²) in [5.41, 5.74) is 19.4. The highest BCUT2D eigenvalue weighted by molar-refractivity contribution is 5.74. The Labute approximate surface area is 164 Å². The van der Waals surface area contributed by atoms with Gasteiger partial charge < -0.3 is 11.5 Å². The lowest BCUT2D eigenvalue weighted by Crippen LogP contribution is -2.46. The summed E-state index contributed by atoms with van der Waals surface area (Å²) >= 11 is 0. The van der Waals surface area contributed by atoms with Crippen LogP contribution in [0.1, 0.15) is 22.8 Å². The topological polar surface area (TPSA) is 109 Å². The normalized spacial score (nSPS) is 11.7. The molecule has 0 bridgehead atoms. The average molecular weight is 372 g/mol. The fourth-order valence-corrected chi connectivity index (χ4v) is 3.73. The molecule has 0 radical (unpaired) electrons. The van der Waals surface area contributed by atoms with Crippen LogP contribution in [0.5, 0.6) is 0 Å². The molecule has 28 heavy (non-hydrogen) atoms. The number of aromatic amines is 2. The van der Waals surface area contributed by atoms with E-state index in [1.807, 2.05) is 74.5 Å². The second-order valence-corrected chi connectivity index (χ2v) is 7.05. The Morgan fingerprint density at radius 1 is 0.750 bits per heavy atom. The number of aryl methyl sites for hydroxylation is 2. The summed E-state index contributed by atoms with van der Waals surface area (Å²) in [5.74, 6) is 0. The van der Waals surface area contributed by atoms with Crippen molar-refractivity contribution < 1.29 is 0 Å². The van der Waals surface area contributed by atoms with Crippen LogP contribution in [0.15, 0.2) is 60.7 Å². The Morgan fingerprint density at radius 2 is 1.14 bits per heavy atom. The van der Waals surface area contributed by atoms with Crippen LogP contribution in [0.25, 0.3) is 22.3 Å². The van der Waals surface area contributed by atoms with Crippen LogP contribution in [0.3, 0.4) is 0 Å². The van der Waals surface area contributed by atoms with Crippen molar-refractivity contribution in [2.45, 2.75) is 19.4 Å². The second kappa shape index (κ2) is 7.07. The van der Waals surface area contributed by atoms with Crippen molar-refractivity contribution in [3.05, 3.63) is 83.4 Å². The van der Waals surface area contributed by atoms with Crippen LogP contribution in [0, 0.1) is 13.8 Å². The minimum absolute atomic E-state index is 0.168. The Bertz CT molecular complexity index is 995. The lowest BCUT2D eigenvalue weighted by atomic mass is 9.83. The van der Waals surface area contributed by atoms with E-state index in [4.69, 9.17) is 11.5 Å². The maximum absolute atomic E-state index is 6.95. The highest BCUT2D eigenvalue weighted by Gasteiger charge is 2.39. The molecule has 0 aliphatic carbocycles. The quantitative estimate of drug-likeness (QED) is 0.431. The Hall–Kier alpha value is -3.22. The summed E-state index contributed by atoms with van der Waals surface area (Å²) in [6.45, 7) is 4.15. The molecule has 0 aliphatic rings. The number of nitrogens with one attached hydrogen (secondary N) is 2. The van der Waals surface area contributed by atoms with E-state index in [0.717, 1.165) is 33.6 Å². The molecular weight excluding hydrogens is 348 g/mol. The molecule has 0 fully saturated rings. The summed E-state index contributed by atoms with van der Waals surface area (Å²) in [6.07, 6.45) is 0. The molecule has 0 saturated carbocycles. The summed E-state index contributed by atoms with van der Waals surface area (Å²) in [6, 6.07) is 20.2. The molecule has 2 aromatic heterocycles. The van der Waals surface area contributed by atoms with Gasteiger partial charge in [-0.25, -0.2) is 0 Å². The first-order valence-electron chi connectivity index (χ1n) is 9.27. The van der Waals surface area contributed by atoms with Gasteiger partial charge in [-0.3, -0.25) is 10.2 Å². The molecule has 0 aliphatic heterocycles. The van der Waals surface area contributed by atoms with Gasteiger partial charge >= 0.3 is 0 Å². The van der Waals surface area contributed by atoms with E-state index >= 15 is 0 Å². The van der Waals surface area contributed by atoms with Crippen LogP contribution in [-0.2, 0) is 5.54 Å². The molecule has 0 amide bonds. The molecule has 6 heteroatoms. The van der Waals surface area contributed by atoms with E-state index in [0.29, 0.717) is 11.4 Å². The molecule has 142 valence electrons. The second-order valence-electron chi connectivity index (χ2n) is 7.05. The third kappa shape index (κ3) is 2.83.